The SMILES string of the molecule is CCC(NC)C(=O)c1cc(Cl)ccc1OC. The van der Waals surface area contributed by atoms with Crippen LogP contribution in [-0.2, 0) is 0 Å². The molecule has 1 atom stereocenters. The Kier molecular flexibility index (Phi) is 4.77. The van der Waals surface area contributed by atoms with E-state index in [0.29, 0.717) is 16.3 Å². The molecule has 0 aromatic heterocycles. The molecule has 0 bridgehead atoms. The summed E-state index contributed by atoms with van der Waals surface area (Å²) >= 11 is 5.88. The number of benzene rings is 1. The third-order valence-electron chi connectivity index (χ3n) is 2.50. The van der Waals surface area contributed by atoms with Gasteiger partial charge in [0.2, 0.25) is 0 Å². The second-order valence-electron chi connectivity index (χ2n) is 3.46. The lowest BCUT2D eigenvalue weighted by Gasteiger charge is -2.15. The van der Waals surface area contributed by atoms with Crippen LogP contribution in [0, 0.1) is 0 Å². The topological polar surface area (TPSA) is 38.3 Å². The average molecular weight is 242 g/mol. The van der Waals surface area contributed by atoms with Gasteiger partial charge >= 0.3 is 0 Å². The Bertz CT molecular complexity index is 375. The smallest absolute Gasteiger partial charge is 0.183 e. The van der Waals surface area contributed by atoms with Crippen molar-refractivity contribution in [3.05, 3.63) is 28.8 Å². The number of halogens is 1. The van der Waals surface area contributed by atoms with E-state index in [9.17, 15) is 4.79 Å². The molecule has 0 spiro atoms. The number of hydrogen-bond donors (Lipinski definition) is 1. The molecule has 88 valence electrons. The lowest BCUT2D eigenvalue weighted by atomic mass is 10.0. The summed E-state index contributed by atoms with van der Waals surface area (Å²) in [6, 6.07) is 4.85. The van der Waals surface area contributed by atoms with Gasteiger partial charge in [-0.15, -0.1) is 0 Å². The summed E-state index contributed by atoms with van der Waals surface area (Å²) in [5.74, 6) is 0.562. The van der Waals surface area contributed by atoms with Crippen LogP contribution in [0.25, 0.3) is 0 Å². The van der Waals surface area contributed by atoms with Crippen molar-refractivity contribution in [3.8, 4) is 5.75 Å². The summed E-state index contributed by atoms with van der Waals surface area (Å²) in [5.41, 5.74) is 0.524. The highest BCUT2D eigenvalue weighted by Crippen LogP contribution is 2.24. The number of Topliss-reactive ketones (excluding diaryl/α,β-unsaturated/α-hetero) is 1. The Morgan fingerprint density at radius 3 is 2.75 bits per heavy atom. The van der Waals surface area contributed by atoms with Crippen LogP contribution < -0.4 is 10.1 Å². The Morgan fingerprint density at radius 1 is 1.56 bits per heavy atom. The molecule has 16 heavy (non-hydrogen) atoms. The Balaban J connectivity index is 3.10. The highest BCUT2D eigenvalue weighted by Gasteiger charge is 2.20. The zero-order valence-electron chi connectivity index (χ0n) is 9.71. The van der Waals surface area contributed by atoms with Gasteiger partial charge in [-0.1, -0.05) is 18.5 Å². The number of methoxy groups -OCH3 is 1. The molecular weight excluding hydrogens is 226 g/mol. The molecule has 1 aromatic rings. The van der Waals surface area contributed by atoms with Crippen LogP contribution in [-0.4, -0.2) is 26.0 Å². The van der Waals surface area contributed by atoms with Gasteiger partial charge in [0.25, 0.3) is 0 Å². The molecule has 0 aliphatic heterocycles. The standard InChI is InChI=1S/C12H16ClNO2/c1-4-10(14-2)12(15)9-7-8(13)5-6-11(9)16-3/h5-7,10,14H,4H2,1-3H3. The summed E-state index contributed by atoms with van der Waals surface area (Å²) in [6.45, 7) is 1.95. The van der Waals surface area contributed by atoms with E-state index in [-0.39, 0.29) is 11.8 Å². The number of carbonyl (C=O) groups excluding carboxylic acids is 1. The lowest BCUT2D eigenvalue weighted by Crippen LogP contribution is -2.33. The zero-order valence-corrected chi connectivity index (χ0v) is 10.5. The number of ketones is 1. The van der Waals surface area contributed by atoms with Gasteiger partial charge in [-0.25, -0.2) is 0 Å². The first-order valence-electron chi connectivity index (χ1n) is 5.19. The number of rotatable bonds is 5. The van der Waals surface area contributed by atoms with Crippen molar-refractivity contribution in [2.45, 2.75) is 19.4 Å². The fraction of sp³-hybridized carbons (Fsp3) is 0.417. The second-order valence-corrected chi connectivity index (χ2v) is 3.89. The zero-order chi connectivity index (χ0) is 12.1. The summed E-state index contributed by atoms with van der Waals surface area (Å²) in [6.07, 6.45) is 0.727. The Labute approximate surface area is 101 Å². The van der Waals surface area contributed by atoms with Crippen LogP contribution in [0.2, 0.25) is 5.02 Å². The average Bonchev–Trinajstić information content (AvgIpc) is 2.30. The van der Waals surface area contributed by atoms with Crippen LogP contribution >= 0.6 is 11.6 Å². The maximum absolute atomic E-state index is 12.1. The lowest BCUT2D eigenvalue weighted by molar-refractivity contribution is 0.0942. The molecule has 1 aromatic carbocycles. The summed E-state index contributed by atoms with van der Waals surface area (Å²) in [4.78, 5) is 12.1. The van der Waals surface area contributed by atoms with Gasteiger partial charge < -0.3 is 10.1 Å². The number of carbonyl (C=O) groups is 1. The largest absolute Gasteiger partial charge is 0.496 e. The number of ether oxygens (including phenoxy) is 1. The van der Waals surface area contributed by atoms with Crippen LogP contribution in [0.3, 0.4) is 0 Å². The van der Waals surface area contributed by atoms with Crippen molar-refractivity contribution in [3.63, 3.8) is 0 Å². The first kappa shape index (κ1) is 13.0. The maximum Gasteiger partial charge on any atom is 0.183 e. The molecule has 0 saturated carbocycles. The molecule has 0 saturated heterocycles. The first-order chi connectivity index (χ1) is 7.63. The molecule has 1 rings (SSSR count). The Hall–Kier alpha value is -1.06. The predicted molar refractivity (Wildman–Crippen MR) is 65.5 cm³/mol. The molecule has 0 fully saturated rings. The predicted octanol–water partition coefficient (Wildman–Crippen LogP) is 2.53. The molecule has 1 unspecified atom stereocenters. The molecule has 4 heteroatoms. The van der Waals surface area contributed by atoms with Crippen molar-refractivity contribution in [1.82, 2.24) is 5.32 Å². The minimum atomic E-state index is -0.202. The van der Waals surface area contributed by atoms with Gasteiger partial charge in [0.1, 0.15) is 5.75 Å². The van der Waals surface area contributed by atoms with Gasteiger partial charge in [0.05, 0.1) is 18.7 Å². The molecular formula is C12H16ClNO2. The van der Waals surface area contributed by atoms with E-state index in [2.05, 4.69) is 5.32 Å². The van der Waals surface area contributed by atoms with E-state index < -0.39 is 0 Å². The maximum atomic E-state index is 12.1. The molecule has 0 amide bonds. The van der Waals surface area contributed by atoms with E-state index in [1.165, 1.54) is 0 Å². The van der Waals surface area contributed by atoms with Crippen LogP contribution in [0.5, 0.6) is 5.75 Å². The monoisotopic (exact) mass is 241 g/mol. The summed E-state index contributed by atoms with van der Waals surface area (Å²) < 4.78 is 5.15. The van der Waals surface area contributed by atoms with Gasteiger partial charge in [0.15, 0.2) is 5.78 Å². The van der Waals surface area contributed by atoms with Crippen molar-refractivity contribution in [1.29, 1.82) is 0 Å². The molecule has 0 aliphatic carbocycles. The van der Waals surface area contributed by atoms with E-state index in [0.717, 1.165) is 6.42 Å². The van der Waals surface area contributed by atoms with Gasteiger partial charge in [-0.3, -0.25) is 4.79 Å². The highest BCUT2D eigenvalue weighted by molar-refractivity contribution is 6.31. The normalized spacial score (nSPS) is 12.2. The van der Waals surface area contributed by atoms with Crippen LogP contribution in [0.4, 0.5) is 0 Å². The van der Waals surface area contributed by atoms with Gasteiger partial charge in [-0.05, 0) is 31.7 Å². The fourth-order valence-electron chi connectivity index (χ4n) is 1.58. The van der Waals surface area contributed by atoms with Crippen LogP contribution in [0.15, 0.2) is 18.2 Å². The highest BCUT2D eigenvalue weighted by atomic mass is 35.5. The first-order valence-corrected chi connectivity index (χ1v) is 5.56. The molecule has 1 N–H and O–H groups in total. The molecule has 0 aliphatic rings. The van der Waals surface area contributed by atoms with Crippen molar-refractivity contribution in [2.75, 3.05) is 14.2 Å². The third kappa shape index (κ3) is 2.74. The number of likely N-dealkylation sites (N-methyl/N-ethyl adjacent to an activating group) is 1. The van der Waals surface area contributed by atoms with E-state index in [1.54, 1.807) is 32.4 Å². The van der Waals surface area contributed by atoms with Crippen LogP contribution in [0.1, 0.15) is 23.7 Å². The minimum absolute atomic E-state index is 0.00403. The number of hydrogen-bond acceptors (Lipinski definition) is 3. The Morgan fingerprint density at radius 2 is 2.25 bits per heavy atom. The quantitative estimate of drug-likeness (QED) is 0.806. The molecule has 0 heterocycles. The third-order valence-corrected chi connectivity index (χ3v) is 2.74. The van der Waals surface area contributed by atoms with Gasteiger partial charge in [-0.2, -0.15) is 0 Å². The van der Waals surface area contributed by atoms with Crippen molar-refractivity contribution < 1.29 is 9.53 Å². The summed E-state index contributed by atoms with van der Waals surface area (Å²) in [7, 11) is 3.31. The van der Waals surface area contributed by atoms with E-state index >= 15 is 0 Å². The summed E-state index contributed by atoms with van der Waals surface area (Å²) in [5, 5.41) is 3.51. The minimum Gasteiger partial charge on any atom is -0.496 e. The van der Waals surface area contributed by atoms with Gasteiger partial charge in [0, 0.05) is 5.02 Å². The second kappa shape index (κ2) is 5.87. The van der Waals surface area contributed by atoms with Crippen molar-refractivity contribution >= 4 is 17.4 Å². The molecule has 3 nitrogen and oxygen atoms in total. The number of nitrogens with one attached hydrogen (secondary N) is 1. The van der Waals surface area contributed by atoms with E-state index in [4.69, 9.17) is 16.3 Å². The molecule has 0 radical (unpaired) electrons. The van der Waals surface area contributed by atoms with Crippen molar-refractivity contribution in [2.24, 2.45) is 0 Å². The van der Waals surface area contributed by atoms with E-state index in [1.807, 2.05) is 6.92 Å². The fourth-order valence-corrected chi connectivity index (χ4v) is 1.75.